The molecule has 0 saturated heterocycles. The number of aromatic hydroxyl groups is 2. The van der Waals surface area contributed by atoms with E-state index in [1.54, 1.807) is 0 Å². The molecule has 86 valence electrons. The Kier molecular flexibility index (Phi) is 3.47. The molecule has 0 saturated carbocycles. The minimum absolute atomic E-state index is 0.00259. The van der Waals surface area contributed by atoms with Crippen molar-refractivity contribution >= 4 is 11.8 Å². The molecule has 0 atom stereocenters. The molecule has 0 aliphatic heterocycles. The largest absolute Gasteiger partial charge is 0.507 e. The van der Waals surface area contributed by atoms with E-state index in [4.69, 9.17) is 10.8 Å². The van der Waals surface area contributed by atoms with Crippen LogP contribution in [0, 0.1) is 0 Å². The van der Waals surface area contributed by atoms with Crippen LogP contribution in [-0.2, 0) is 0 Å². The average molecular weight is 225 g/mol. The normalized spacial score (nSPS) is 10.1. The molecule has 0 aliphatic rings. The van der Waals surface area contributed by atoms with E-state index in [1.165, 1.54) is 0 Å². The molecular formula is C10H11NO5. The van der Waals surface area contributed by atoms with E-state index in [0.29, 0.717) is 0 Å². The summed E-state index contributed by atoms with van der Waals surface area (Å²) in [6.45, 7) is 0.0988. The van der Waals surface area contributed by atoms with Gasteiger partial charge in [0.2, 0.25) is 0 Å². The van der Waals surface area contributed by atoms with Gasteiger partial charge < -0.3 is 21.1 Å². The number of nitrogens with two attached hydrogens (primary N) is 1. The molecule has 1 aromatic rings. The van der Waals surface area contributed by atoms with E-state index in [1.807, 2.05) is 0 Å². The highest BCUT2D eigenvalue weighted by atomic mass is 16.4. The third kappa shape index (κ3) is 2.29. The minimum atomic E-state index is -1.38. The van der Waals surface area contributed by atoms with Gasteiger partial charge in [-0.05, 0) is 12.6 Å². The lowest BCUT2D eigenvalue weighted by molar-refractivity contribution is 0.0693. The summed E-state index contributed by atoms with van der Waals surface area (Å²) in [6, 6.07) is 1.76. The van der Waals surface area contributed by atoms with Gasteiger partial charge in [-0.3, -0.25) is 4.79 Å². The fourth-order valence-electron chi connectivity index (χ4n) is 1.24. The van der Waals surface area contributed by atoms with Gasteiger partial charge in [0.25, 0.3) is 0 Å². The number of phenols is 2. The molecule has 5 N–H and O–H groups in total. The fraction of sp³-hybridized carbons (Fsp3) is 0.200. The minimum Gasteiger partial charge on any atom is -0.507 e. The summed E-state index contributed by atoms with van der Waals surface area (Å²) < 4.78 is 0. The van der Waals surface area contributed by atoms with Crippen LogP contribution >= 0.6 is 0 Å². The van der Waals surface area contributed by atoms with Gasteiger partial charge in [0.1, 0.15) is 17.1 Å². The van der Waals surface area contributed by atoms with Gasteiger partial charge >= 0.3 is 5.97 Å². The molecular weight excluding hydrogens is 214 g/mol. The lowest BCUT2D eigenvalue weighted by atomic mass is 10.0. The highest BCUT2D eigenvalue weighted by Crippen LogP contribution is 2.28. The van der Waals surface area contributed by atoms with Crippen LogP contribution in [0.25, 0.3) is 0 Å². The summed E-state index contributed by atoms with van der Waals surface area (Å²) in [5.74, 6) is -2.89. The molecule has 0 aromatic heterocycles. The van der Waals surface area contributed by atoms with E-state index >= 15 is 0 Å². The van der Waals surface area contributed by atoms with Gasteiger partial charge in [0.15, 0.2) is 5.78 Å². The number of phenolic OH excluding ortho intramolecular Hbond substituents is 1. The van der Waals surface area contributed by atoms with Gasteiger partial charge in [0.05, 0.1) is 5.56 Å². The van der Waals surface area contributed by atoms with Crippen LogP contribution in [0.1, 0.15) is 27.1 Å². The van der Waals surface area contributed by atoms with E-state index in [-0.39, 0.29) is 18.5 Å². The second-order valence-corrected chi connectivity index (χ2v) is 3.15. The van der Waals surface area contributed by atoms with Crippen molar-refractivity contribution in [2.75, 3.05) is 6.54 Å². The zero-order chi connectivity index (χ0) is 12.3. The molecule has 0 unspecified atom stereocenters. The molecule has 0 fully saturated rings. The number of hydrogen-bond acceptors (Lipinski definition) is 5. The van der Waals surface area contributed by atoms with Crippen LogP contribution in [0.3, 0.4) is 0 Å². The van der Waals surface area contributed by atoms with Crippen LogP contribution in [-0.4, -0.2) is 33.6 Å². The lowest BCUT2D eigenvalue weighted by Gasteiger charge is -2.06. The summed E-state index contributed by atoms with van der Waals surface area (Å²) in [6.07, 6.45) is -0.00259. The standard InChI is InChI=1S/C10H11NO5/c11-2-1-7(12)5-3-6(10(15)16)9(14)4-8(5)13/h3-4,13-14H,1-2,11H2,(H,15,16). The predicted molar refractivity (Wildman–Crippen MR) is 54.7 cm³/mol. The van der Waals surface area contributed by atoms with Gasteiger partial charge in [-0.1, -0.05) is 0 Å². The molecule has 0 radical (unpaired) electrons. The Morgan fingerprint density at radius 2 is 1.69 bits per heavy atom. The van der Waals surface area contributed by atoms with E-state index in [2.05, 4.69) is 0 Å². The number of hydrogen-bond donors (Lipinski definition) is 4. The van der Waals surface area contributed by atoms with Crippen molar-refractivity contribution in [2.24, 2.45) is 5.73 Å². The molecule has 0 aliphatic carbocycles. The molecule has 6 heteroatoms. The molecule has 1 rings (SSSR count). The number of rotatable bonds is 4. The second kappa shape index (κ2) is 4.63. The van der Waals surface area contributed by atoms with Crippen molar-refractivity contribution in [3.63, 3.8) is 0 Å². The first-order chi connectivity index (χ1) is 7.47. The average Bonchev–Trinajstić information content (AvgIpc) is 2.17. The summed E-state index contributed by atoms with van der Waals surface area (Å²) in [5.41, 5.74) is 4.59. The van der Waals surface area contributed by atoms with E-state index < -0.39 is 28.8 Å². The SMILES string of the molecule is NCCC(=O)c1cc(C(=O)O)c(O)cc1O. The first kappa shape index (κ1) is 12.0. The van der Waals surface area contributed by atoms with Crippen molar-refractivity contribution in [1.82, 2.24) is 0 Å². The van der Waals surface area contributed by atoms with Crippen molar-refractivity contribution in [2.45, 2.75) is 6.42 Å². The number of Topliss-reactive ketones (excluding diaryl/α,β-unsaturated/α-hetero) is 1. The fourth-order valence-corrected chi connectivity index (χ4v) is 1.24. The summed E-state index contributed by atoms with van der Waals surface area (Å²) in [4.78, 5) is 22.1. The molecule has 1 aromatic carbocycles. The van der Waals surface area contributed by atoms with Gasteiger partial charge in [-0.25, -0.2) is 4.79 Å². The molecule has 0 heterocycles. The number of carbonyl (C=O) groups excluding carboxylic acids is 1. The third-order valence-corrected chi connectivity index (χ3v) is 2.02. The smallest absolute Gasteiger partial charge is 0.339 e. The second-order valence-electron chi connectivity index (χ2n) is 3.15. The summed E-state index contributed by atoms with van der Waals surface area (Å²) >= 11 is 0. The van der Waals surface area contributed by atoms with Crippen LogP contribution < -0.4 is 5.73 Å². The van der Waals surface area contributed by atoms with Crippen molar-refractivity contribution in [1.29, 1.82) is 0 Å². The molecule has 16 heavy (non-hydrogen) atoms. The van der Waals surface area contributed by atoms with Gasteiger partial charge in [-0.15, -0.1) is 0 Å². The van der Waals surface area contributed by atoms with E-state index in [0.717, 1.165) is 12.1 Å². The van der Waals surface area contributed by atoms with Gasteiger partial charge in [0, 0.05) is 12.5 Å². The Morgan fingerprint density at radius 3 is 2.19 bits per heavy atom. The number of carboxylic acid groups (broad SMARTS) is 1. The molecule has 0 bridgehead atoms. The van der Waals surface area contributed by atoms with Crippen LogP contribution in [0.15, 0.2) is 12.1 Å². The Bertz CT molecular complexity index is 441. The van der Waals surface area contributed by atoms with Gasteiger partial charge in [-0.2, -0.15) is 0 Å². The zero-order valence-corrected chi connectivity index (χ0v) is 8.30. The number of carboxylic acids is 1. The van der Waals surface area contributed by atoms with Crippen LogP contribution in [0.2, 0.25) is 0 Å². The van der Waals surface area contributed by atoms with Crippen LogP contribution in [0.4, 0.5) is 0 Å². The van der Waals surface area contributed by atoms with Crippen LogP contribution in [0.5, 0.6) is 11.5 Å². The Labute approximate surface area is 90.9 Å². The first-order valence-corrected chi connectivity index (χ1v) is 4.50. The van der Waals surface area contributed by atoms with E-state index in [9.17, 15) is 19.8 Å². The molecule has 0 amide bonds. The number of carbonyl (C=O) groups is 2. The monoisotopic (exact) mass is 225 g/mol. The maximum absolute atomic E-state index is 11.4. The predicted octanol–water partition coefficient (Wildman–Crippen LogP) is 0.328. The topological polar surface area (TPSA) is 121 Å². The highest BCUT2D eigenvalue weighted by molar-refractivity contribution is 6.02. The Balaban J connectivity index is 3.24. The Hall–Kier alpha value is -2.08. The highest BCUT2D eigenvalue weighted by Gasteiger charge is 2.17. The zero-order valence-electron chi connectivity index (χ0n) is 8.30. The Morgan fingerprint density at radius 1 is 1.12 bits per heavy atom. The number of ketones is 1. The molecule has 0 spiro atoms. The maximum atomic E-state index is 11.4. The molecule has 6 nitrogen and oxygen atoms in total. The first-order valence-electron chi connectivity index (χ1n) is 4.50. The lowest BCUT2D eigenvalue weighted by Crippen LogP contribution is -2.09. The van der Waals surface area contributed by atoms with Crippen molar-refractivity contribution in [3.05, 3.63) is 23.3 Å². The quantitative estimate of drug-likeness (QED) is 0.548. The summed E-state index contributed by atoms with van der Waals surface area (Å²) in [7, 11) is 0. The summed E-state index contributed by atoms with van der Waals surface area (Å²) in [5, 5.41) is 27.3. The van der Waals surface area contributed by atoms with Crippen molar-refractivity contribution < 1.29 is 24.9 Å². The maximum Gasteiger partial charge on any atom is 0.339 e. The third-order valence-electron chi connectivity index (χ3n) is 2.02. The van der Waals surface area contributed by atoms with Crippen molar-refractivity contribution in [3.8, 4) is 11.5 Å². The number of benzene rings is 1. The number of aromatic carboxylic acids is 1.